The fourth-order valence-corrected chi connectivity index (χ4v) is 3.33. The van der Waals surface area contributed by atoms with Crippen LogP contribution in [-0.2, 0) is 6.42 Å². The number of amides is 1. The predicted octanol–water partition coefficient (Wildman–Crippen LogP) is 3.81. The molecular formula is C23H27N3O4. The van der Waals surface area contributed by atoms with Gasteiger partial charge in [-0.25, -0.2) is 0 Å². The second-order valence-electron chi connectivity index (χ2n) is 6.86. The van der Waals surface area contributed by atoms with E-state index in [1.165, 1.54) is 14.2 Å². The number of benzene rings is 2. The molecular weight excluding hydrogens is 382 g/mol. The van der Waals surface area contributed by atoms with E-state index >= 15 is 0 Å². The van der Waals surface area contributed by atoms with Gasteiger partial charge in [-0.3, -0.25) is 9.89 Å². The van der Waals surface area contributed by atoms with Gasteiger partial charge in [-0.2, -0.15) is 5.10 Å². The number of aromatic nitrogens is 2. The molecule has 7 heteroatoms. The number of carbonyl (C=O) groups is 1. The van der Waals surface area contributed by atoms with Gasteiger partial charge < -0.3 is 19.1 Å². The predicted molar refractivity (Wildman–Crippen MR) is 115 cm³/mol. The van der Waals surface area contributed by atoms with Gasteiger partial charge in [0.25, 0.3) is 5.91 Å². The minimum Gasteiger partial charge on any atom is -0.493 e. The minimum absolute atomic E-state index is 0.137. The standard InChI is InChI=1S/C23H27N3O4/c1-26(23(27)18-12-13-20(28-2)22(30-4)21(18)29-3)14-8-11-17-15-19(25-24-17)16-9-6-5-7-10-16/h5-7,9-10,12-13,15H,8,11,14H2,1-4H3,(H,24,25). The Bertz CT molecular complexity index is 985. The maximum absolute atomic E-state index is 13.0. The van der Waals surface area contributed by atoms with Crippen LogP contribution in [0.3, 0.4) is 0 Å². The first-order chi connectivity index (χ1) is 14.6. The van der Waals surface area contributed by atoms with Crippen LogP contribution in [0.4, 0.5) is 0 Å². The Balaban J connectivity index is 1.62. The van der Waals surface area contributed by atoms with E-state index in [-0.39, 0.29) is 5.91 Å². The van der Waals surface area contributed by atoms with Crippen molar-refractivity contribution in [2.24, 2.45) is 0 Å². The molecule has 0 unspecified atom stereocenters. The van der Waals surface area contributed by atoms with Crippen molar-refractivity contribution in [1.29, 1.82) is 0 Å². The third-order valence-electron chi connectivity index (χ3n) is 4.92. The Morgan fingerprint density at radius 3 is 2.40 bits per heavy atom. The Morgan fingerprint density at radius 1 is 1.00 bits per heavy atom. The molecule has 0 saturated carbocycles. The van der Waals surface area contributed by atoms with Crippen molar-refractivity contribution in [3.8, 4) is 28.5 Å². The highest BCUT2D eigenvalue weighted by Gasteiger charge is 2.22. The summed E-state index contributed by atoms with van der Waals surface area (Å²) in [6.07, 6.45) is 1.59. The van der Waals surface area contributed by atoms with Gasteiger partial charge in [0.1, 0.15) is 0 Å². The summed E-state index contributed by atoms with van der Waals surface area (Å²) in [5.74, 6) is 1.16. The van der Waals surface area contributed by atoms with Gasteiger partial charge in [-0.05, 0) is 31.0 Å². The first-order valence-electron chi connectivity index (χ1n) is 9.73. The lowest BCUT2D eigenvalue weighted by molar-refractivity contribution is 0.0789. The molecule has 3 aromatic rings. The largest absolute Gasteiger partial charge is 0.493 e. The molecule has 0 fully saturated rings. The number of hydrogen-bond donors (Lipinski definition) is 1. The van der Waals surface area contributed by atoms with Crippen LogP contribution >= 0.6 is 0 Å². The number of carbonyl (C=O) groups excluding carboxylic acids is 1. The van der Waals surface area contributed by atoms with Crippen LogP contribution in [0.2, 0.25) is 0 Å². The summed E-state index contributed by atoms with van der Waals surface area (Å²) in [6, 6.07) is 15.5. The molecule has 1 amide bonds. The van der Waals surface area contributed by atoms with E-state index in [4.69, 9.17) is 14.2 Å². The van der Waals surface area contributed by atoms with Crippen molar-refractivity contribution in [2.75, 3.05) is 34.9 Å². The molecule has 0 aliphatic heterocycles. The normalized spacial score (nSPS) is 10.5. The molecule has 7 nitrogen and oxygen atoms in total. The molecule has 0 spiro atoms. The lowest BCUT2D eigenvalue weighted by Gasteiger charge is -2.20. The van der Waals surface area contributed by atoms with E-state index < -0.39 is 0 Å². The average molecular weight is 409 g/mol. The number of nitrogens with one attached hydrogen (secondary N) is 1. The number of methoxy groups -OCH3 is 3. The Labute approximate surface area is 176 Å². The topological polar surface area (TPSA) is 76.7 Å². The second-order valence-corrected chi connectivity index (χ2v) is 6.86. The van der Waals surface area contributed by atoms with Gasteiger partial charge in [-0.15, -0.1) is 0 Å². The summed E-state index contributed by atoms with van der Waals surface area (Å²) in [7, 11) is 6.35. The van der Waals surface area contributed by atoms with Crippen molar-refractivity contribution in [1.82, 2.24) is 15.1 Å². The molecule has 0 atom stereocenters. The van der Waals surface area contributed by atoms with Crippen LogP contribution in [0, 0.1) is 0 Å². The fourth-order valence-electron chi connectivity index (χ4n) is 3.33. The first kappa shape index (κ1) is 21.2. The molecule has 1 N–H and O–H groups in total. The third-order valence-corrected chi connectivity index (χ3v) is 4.92. The molecule has 0 saturated heterocycles. The third kappa shape index (κ3) is 4.56. The summed E-state index contributed by atoms with van der Waals surface area (Å²) < 4.78 is 16.1. The molecule has 158 valence electrons. The summed E-state index contributed by atoms with van der Waals surface area (Å²) in [5.41, 5.74) is 3.47. The maximum Gasteiger partial charge on any atom is 0.257 e. The number of hydrogen-bond acceptors (Lipinski definition) is 5. The average Bonchev–Trinajstić information content (AvgIpc) is 3.26. The number of aryl methyl sites for hydroxylation is 1. The number of aromatic amines is 1. The van der Waals surface area contributed by atoms with E-state index in [1.54, 1.807) is 31.2 Å². The van der Waals surface area contributed by atoms with Gasteiger partial charge >= 0.3 is 0 Å². The number of nitrogens with zero attached hydrogens (tertiary/aromatic N) is 2. The van der Waals surface area contributed by atoms with Crippen LogP contribution in [0.15, 0.2) is 48.5 Å². The Hall–Kier alpha value is -3.48. The molecule has 1 heterocycles. The van der Waals surface area contributed by atoms with Gasteiger partial charge in [-0.1, -0.05) is 30.3 Å². The summed E-state index contributed by atoms with van der Waals surface area (Å²) in [5, 5.41) is 7.46. The first-order valence-corrected chi connectivity index (χ1v) is 9.73. The van der Waals surface area contributed by atoms with Crippen molar-refractivity contribution in [2.45, 2.75) is 12.8 Å². The van der Waals surface area contributed by atoms with Crippen LogP contribution in [0.5, 0.6) is 17.2 Å². The zero-order chi connectivity index (χ0) is 21.5. The number of H-pyrrole nitrogens is 1. The highest BCUT2D eigenvalue weighted by Crippen LogP contribution is 2.40. The van der Waals surface area contributed by atoms with Crippen molar-refractivity contribution in [3.05, 3.63) is 59.8 Å². The van der Waals surface area contributed by atoms with Crippen molar-refractivity contribution in [3.63, 3.8) is 0 Å². The number of rotatable bonds is 9. The lowest BCUT2D eigenvalue weighted by atomic mass is 10.1. The summed E-state index contributed by atoms with van der Waals surface area (Å²) in [4.78, 5) is 14.6. The SMILES string of the molecule is COc1ccc(C(=O)N(C)CCCc2cc(-c3ccccc3)n[nH]2)c(OC)c1OC. The van der Waals surface area contributed by atoms with E-state index in [9.17, 15) is 4.79 Å². The van der Waals surface area contributed by atoms with E-state index in [1.807, 2.05) is 30.3 Å². The van der Waals surface area contributed by atoms with Crippen LogP contribution in [0.1, 0.15) is 22.5 Å². The second kappa shape index (κ2) is 9.82. The quantitative estimate of drug-likeness (QED) is 0.582. The van der Waals surface area contributed by atoms with Gasteiger partial charge in [0, 0.05) is 24.8 Å². The summed E-state index contributed by atoms with van der Waals surface area (Å²) >= 11 is 0. The summed E-state index contributed by atoms with van der Waals surface area (Å²) in [6.45, 7) is 0.593. The highest BCUT2D eigenvalue weighted by atomic mass is 16.5. The van der Waals surface area contributed by atoms with Gasteiger partial charge in [0.05, 0.1) is 32.6 Å². The molecule has 3 rings (SSSR count). The highest BCUT2D eigenvalue weighted by molar-refractivity contribution is 5.98. The van der Waals surface area contributed by atoms with Crippen molar-refractivity contribution < 1.29 is 19.0 Å². The van der Waals surface area contributed by atoms with Crippen molar-refractivity contribution >= 4 is 5.91 Å². The Kier molecular flexibility index (Phi) is 6.95. The van der Waals surface area contributed by atoms with Crippen LogP contribution < -0.4 is 14.2 Å². The molecule has 0 aliphatic carbocycles. The number of ether oxygens (including phenoxy) is 3. The fraction of sp³-hybridized carbons (Fsp3) is 0.304. The van der Waals surface area contributed by atoms with Crippen LogP contribution in [0.25, 0.3) is 11.3 Å². The zero-order valence-electron chi connectivity index (χ0n) is 17.8. The van der Waals surface area contributed by atoms with Gasteiger partial charge in [0.2, 0.25) is 5.75 Å². The molecule has 30 heavy (non-hydrogen) atoms. The zero-order valence-corrected chi connectivity index (χ0v) is 17.8. The monoisotopic (exact) mass is 409 g/mol. The maximum atomic E-state index is 13.0. The molecule has 1 aromatic heterocycles. The Morgan fingerprint density at radius 2 is 1.73 bits per heavy atom. The smallest absolute Gasteiger partial charge is 0.257 e. The lowest BCUT2D eigenvalue weighted by Crippen LogP contribution is -2.28. The molecule has 0 aliphatic rings. The van der Waals surface area contributed by atoms with Crippen LogP contribution in [-0.4, -0.2) is 55.9 Å². The van der Waals surface area contributed by atoms with E-state index in [0.717, 1.165) is 29.8 Å². The molecule has 0 bridgehead atoms. The van der Waals surface area contributed by atoms with E-state index in [2.05, 4.69) is 16.3 Å². The van der Waals surface area contributed by atoms with Gasteiger partial charge in [0.15, 0.2) is 11.5 Å². The van der Waals surface area contributed by atoms with E-state index in [0.29, 0.717) is 29.4 Å². The molecule has 2 aromatic carbocycles. The minimum atomic E-state index is -0.137. The molecule has 0 radical (unpaired) electrons.